The van der Waals surface area contributed by atoms with Crippen LogP contribution in [0.15, 0.2) is 24.3 Å². The summed E-state index contributed by atoms with van der Waals surface area (Å²) in [5.74, 6) is -2.46. The van der Waals surface area contributed by atoms with E-state index in [1.807, 2.05) is 0 Å². The summed E-state index contributed by atoms with van der Waals surface area (Å²) in [5, 5.41) is 90.1. The first-order valence-electron chi connectivity index (χ1n) is 10.0. The van der Waals surface area contributed by atoms with Crippen LogP contribution in [0.1, 0.15) is 17.2 Å². The van der Waals surface area contributed by atoms with Gasteiger partial charge in [0.15, 0.2) is 29.1 Å². The molecule has 2 aliphatic heterocycles. The molecule has 12 heteroatoms. The lowest BCUT2D eigenvalue weighted by molar-refractivity contribution is -0.278. The van der Waals surface area contributed by atoms with Gasteiger partial charge in [-0.1, -0.05) is 6.07 Å². The molecular weight excluding hydrogens is 444 g/mol. The smallest absolute Gasteiger partial charge is 0.229 e. The highest BCUT2D eigenvalue weighted by Crippen LogP contribution is 2.51. The van der Waals surface area contributed by atoms with Gasteiger partial charge in [0.2, 0.25) is 12.0 Å². The van der Waals surface area contributed by atoms with Crippen molar-refractivity contribution in [2.24, 2.45) is 0 Å². The molecule has 0 saturated carbocycles. The van der Waals surface area contributed by atoms with Crippen LogP contribution >= 0.6 is 0 Å². The minimum Gasteiger partial charge on any atom is -0.507 e. The van der Waals surface area contributed by atoms with Crippen LogP contribution in [0.5, 0.6) is 34.5 Å². The maximum Gasteiger partial charge on any atom is 0.229 e. The number of hydrogen-bond acceptors (Lipinski definition) is 12. The highest BCUT2D eigenvalue weighted by Gasteiger charge is 2.46. The van der Waals surface area contributed by atoms with E-state index in [4.69, 9.17) is 14.2 Å². The number of aliphatic hydroxyl groups is 5. The van der Waals surface area contributed by atoms with Crippen LogP contribution < -0.4 is 9.47 Å². The molecule has 0 aliphatic carbocycles. The van der Waals surface area contributed by atoms with E-state index < -0.39 is 72.5 Å². The first-order valence-corrected chi connectivity index (χ1v) is 10.0. The van der Waals surface area contributed by atoms with Crippen LogP contribution in [0.25, 0.3) is 0 Å². The van der Waals surface area contributed by atoms with Crippen molar-refractivity contribution >= 4 is 0 Å². The van der Waals surface area contributed by atoms with E-state index in [9.17, 15) is 46.0 Å². The molecule has 2 aliphatic rings. The highest BCUT2D eigenvalue weighted by atomic mass is 16.7. The second-order valence-electron chi connectivity index (χ2n) is 7.92. The molecule has 12 nitrogen and oxygen atoms in total. The third-order valence-corrected chi connectivity index (χ3v) is 5.71. The van der Waals surface area contributed by atoms with Gasteiger partial charge >= 0.3 is 0 Å². The molecule has 0 amide bonds. The van der Waals surface area contributed by atoms with Gasteiger partial charge < -0.3 is 60.2 Å². The van der Waals surface area contributed by atoms with Crippen LogP contribution in [-0.4, -0.2) is 89.4 Å². The third kappa shape index (κ3) is 4.08. The van der Waals surface area contributed by atoms with Gasteiger partial charge in [-0.2, -0.15) is 0 Å². The zero-order valence-electron chi connectivity index (χ0n) is 17.0. The molecule has 7 atom stereocenters. The number of phenols is 4. The largest absolute Gasteiger partial charge is 0.507 e. The highest BCUT2D eigenvalue weighted by molar-refractivity contribution is 5.62. The van der Waals surface area contributed by atoms with Gasteiger partial charge in [0.05, 0.1) is 12.7 Å². The molecular formula is C21H24O12. The van der Waals surface area contributed by atoms with E-state index in [1.165, 1.54) is 18.2 Å². The first kappa shape index (κ1) is 23.2. The molecule has 0 bridgehead atoms. The number of aromatic hydroxyl groups is 4. The average Bonchev–Trinajstić information content (AvgIpc) is 2.78. The van der Waals surface area contributed by atoms with Crippen LogP contribution in [0.2, 0.25) is 0 Å². The number of hydrogen-bond donors (Lipinski definition) is 9. The van der Waals surface area contributed by atoms with Crippen molar-refractivity contribution in [1.29, 1.82) is 0 Å². The molecule has 2 heterocycles. The van der Waals surface area contributed by atoms with E-state index in [0.717, 1.165) is 6.07 Å². The fourth-order valence-corrected chi connectivity index (χ4v) is 3.90. The third-order valence-electron chi connectivity index (χ3n) is 5.71. The maximum absolute atomic E-state index is 10.6. The lowest BCUT2D eigenvalue weighted by atomic mass is 9.93. The van der Waals surface area contributed by atoms with Crippen LogP contribution in [0, 0.1) is 0 Å². The Morgan fingerprint density at radius 1 is 0.848 bits per heavy atom. The Hall–Kier alpha value is -3.00. The van der Waals surface area contributed by atoms with Gasteiger partial charge in [0.1, 0.15) is 30.2 Å². The Morgan fingerprint density at radius 2 is 1.58 bits per heavy atom. The Balaban J connectivity index is 1.70. The number of rotatable bonds is 4. The van der Waals surface area contributed by atoms with Gasteiger partial charge in [0.25, 0.3) is 0 Å². The van der Waals surface area contributed by atoms with Crippen LogP contribution in [0.3, 0.4) is 0 Å². The fraction of sp³-hybridized carbons (Fsp3) is 0.429. The summed E-state index contributed by atoms with van der Waals surface area (Å²) in [4.78, 5) is 0. The predicted molar refractivity (Wildman–Crippen MR) is 107 cm³/mol. The van der Waals surface area contributed by atoms with E-state index in [0.29, 0.717) is 0 Å². The minimum absolute atomic E-state index is 0.0686. The van der Waals surface area contributed by atoms with Crippen molar-refractivity contribution in [2.75, 3.05) is 6.61 Å². The molecule has 2 aromatic rings. The number of ether oxygens (including phenoxy) is 3. The van der Waals surface area contributed by atoms with Crippen LogP contribution in [-0.2, 0) is 11.2 Å². The van der Waals surface area contributed by atoms with Crippen LogP contribution in [0.4, 0.5) is 0 Å². The molecule has 180 valence electrons. The van der Waals surface area contributed by atoms with Crippen molar-refractivity contribution in [2.45, 2.75) is 49.3 Å². The fourth-order valence-electron chi connectivity index (χ4n) is 3.90. The number of benzene rings is 2. The van der Waals surface area contributed by atoms with E-state index in [2.05, 4.69) is 0 Å². The molecule has 2 unspecified atom stereocenters. The second kappa shape index (κ2) is 8.74. The average molecular weight is 468 g/mol. The maximum atomic E-state index is 10.6. The zero-order valence-corrected chi connectivity index (χ0v) is 17.0. The topological polar surface area (TPSA) is 210 Å². The van der Waals surface area contributed by atoms with Crippen molar-refractivity contribution in [3.63, 3.8) is 0 Å². The number of fused-ring (bicyclic) bond motifs is 1. The van der Waals surface area contributed by atoms with Gasteiger partial charge in [-0.15, -0.1) is 0 Å². The normalized spacial score (nSPS) is 31.5. The Morgan fingerprint density at radius 3 is 2.24 bits per heavy atom. The van der Waals surface area contributed by atoms with Gasteiger partial charge in [0, 0.05) is 18.1 Å². The number of phenolic OH excluding ortho intramolecular Hbond substituents is 4. The summed E-state index contributed by atoms with van der Waals surface area (Å²) >= 11 is 0. The van der Waals surface area contributed by atoms with Gasteiger partial charge in [-0.3, -0.25) is 0 Å². The summed E-state index contributed by atoms with van der Waals surface area (Å²) in [5.41, 5.74) is 0.337. The molecule has 2 aromatic carbocycles. The van der Waals surface area contributed by atoms with E-state index in [-0.39, 0.29) is 29.0 Å². The zero-order chi connectivity index (χ0) is 24.0. The summed E-state index contributed by atoms with van der Waals surface area (Å²) in [6, 6.07) is 4.70. The molecule has 1 saturated heterocycles. The summed E-state index contributed by atoms with van der Waals surface area (Å²) in [7, 11) is 0. The lowest BCUT2D eigenvalue weighted by Crippen LogP contribution is -2.60. The molecule has 9 N–H and O–H groups in total. The number of aliphatic hydroxyl groups excluding tert-OH is 5. The van der Waals surface area contributed by atoms with Crippen molar-refractivity contribution in [3.8, 4) is 34.5 Å². The van der Waals surface area contributed by atoms with E-state index in [1.54, 1.807) is 0 Å². The Labute approximate surface area is 186 Å². The Bertz CT molecular complexity index is 1020. The van der Waals surface area contributed by atoms with Crippen molar-refractivity contribution in [1.82, 2.24) is 0 Å². The monoisotopic (exact) mass is 468 g/mol. The standard InChI is InChI=1S/C21H24O12/c22-6-14-15(28)16(29)17(30)21(31-14)33-20-13(27)5-10(24)8-4-12(26)18(32-19(8)20)7-1-2-9(23)11(25)3-7/h1-3,5,12,14-18,21-30H,4,6H2/t12?,14-,15-,16+,17-,18?,21+/m1/s1. The summed E-state index contributed by atoms with van der Waals surface area (Å²) in [6.07, 6.45) is -10.5. The van der Waals surface area contributed by atoms with Gasteiger partial charge in [-0.25, -0.2) is 0 Å². The molecule has 4 rings (SSSR count). The molecule has 1 fully saturated rings. The quantitative estimate of drug-likeness (QED) is 0.240. The molecule has 33 heavy (non-hydrogen) atoms. The second-order valence-corrected chi connectivity index (χ2v) is 7.92. The lowest BCUT2D eigenvalue weighted by Gasteiger charge is -2.40. The van der Waals surface area contributed by atoms with Crippen molar-refractivity contribution < 1.29 is 60.2 Å². The minimum atomic E-state index is -1.77. The summed E-state index contributed by atoms with van der Waals surface area (Å²) < 4.78 is 16.7. The Kier molecular flexibility index (Phi) is 6.14. The predicted octanol–water partition coefficient (Wildman–Crippen LogP) is -1.28. The SMILES string of the molecule is OC[C@H]1O[C@@H](Oc2c(O)cc(O)c3c2OC(c2ccc(O)c(O)c2)C(O)C3)[C@H](O)[C@@H](O)[C@@H]1O. The molecule has 0 aromatic heterocycles. The molecule has 0 radical (unpaired) electrons. The first-order chi connectivity index (χ1) is 15.6. The van der Waals surface area contributed by atoms with Crippen molar-refractivity contribution in [3.05, 3.63) is 35.4 Å². The van der Waals surface area contributed by atoms with Gasteiger partial charge in [-0.05, 0) is 17.7 Å². The summed E-state index contributed by atoms with van der Waals surface area (Å²) in [6.45, 7) is -0.695. The van der Waals surface area contributed by atoms with E-state index >= 15 is 0 Å². The molecule has 0 spiro atoms.